The van der Waals surface area contributed by atoms with Crippen LogP contribution in [0.15, 0.2) is 6.20 Å². The van der Waals surface area contributed by atoms with Gasteiger partial charge < -0.3 is 11.1 Å². The molecule has 0 spiro atoms. The first-order valence-electron chi connectivity index (χ1n) is 5.79. The lowest BCUT2D eigenvalue weighted by Gasteiger charge is -2.24. The number of carbonyl (C=O) groups excluding carboxylic acids is 1. The third-order valence-electron chi connectivity index (χ3n) is 3.21. The molecule has 17 heavy (non-hydrogen) atoms. The minimum atomic E-state index is -0.537. The van der Waals surface area contributed by atoms with Gasteiger partial charge in [0.1, 0.15) is 0 Å². The summed E-state index contributed by atoms with van der Waals surface area (Å²) in [4.78, 5) is 12.0. The van der Waals surface area contributed by atoms with E-state index >= 15 is 0 Å². The Kier molecular flexibility index (Phi) is 3.93. The Balaban J connectivity index is 2.77. The first-order chi connectivity index (χ1) is 7.79. The van der Waals surface area contributed by atoms with Gasteiger partial charge in [-0.2, -0.15) is 5.10 Å². The highest BCUT2D eigenvalue weighted by atomic mass is 16.2. The van der Waals surface area contributed by atoms with Crippen molar-refractivity contribution < 1.29 is 4.79 Å². The molecule has 0 bridgehead atoms. The molecule has 0 aliphatic carbocycles. The predicted octanol–water partition coefficient (Wildman–Crippen LogP) is 0.891. The summed E-state index contributed by atoms with van der Waals surface area (Å²) in [6.45, 7) is 7.95. The molecule has 5 nitrogen and oxygen atoms in total. The van der Waals surface area contributed by atoms with Crippen LogP contribution < -0.4 is 11.1 Å². The second-order valence-corrected chi connectivity index (χ2v) is 5.09. The van der Waals surface area contributed by atoms with Crippen molar-refractivity contribution in [3.05, 3.63) is 17.5 Å². The van der Waals surface area contributed by atoms with E-state index in [1.165, 1.54) is 0 Å². The van der Waals surface area contributed by atoms with Gasteiger partial charge in [0.25, 0.3) is 0 Å². The average Bonchev–Trinajstić information content (AvgIpc) is 2.59. The van der Waals surface area contributed by atoms with Gasteiger partial charge in [-0.25, -0.2) is 0 Å². The molecular formula is C12H22N4O. The maximum Gasteiger partial charge on any atom is 0.227 e. The summed E-state index contributed by atoms with van der Waals surface area (Å²) in [6.07, 6.45) is 1.79. The summed E-state index contributed by atoms with van der Waals surface area (Å²) in [5.41, 5.74) is 7.14. The molecule has 96 valence electrons. The van der Waals surface area contributed by atoms with E-state index in [2.05, 4.69) is 10.4 Å². The molecule has 0 saturated carbocycles. The van der Waals surface area contributed by atoms with Crippen molar-refractivity contribution >= 4 is 5.91 Å². The maximum atomic E-state index is 12.0. The smallest absolute Gasteiger partial charge is 0.227 e. The highest BCUT2D eigenvalue weighted by molar-refractivity contribution is 5.82. The van der Waals surface area contributed by atoms with Crippen LogP contribution in [0.1, 0.15) is 38.1 Å². The molecule has 1 aromatic rings. The highest BCUT2D eigenvalue weighted by Crippen LogP contribution is 2.19. The van der Waals surface area contributed by atoms with Crippen molar-refractivity contribution in [2.45, 2.75) is 33.7 Å². The van der Waals surface area contributed by atoms with Crippen LogP contribution in [-0.2, 0) is 11.8 Å². The Morgan fingerprint density at radius 3 is 2.65 bits per heavy atom. The van der Waals surface area contributed by atoms with Crippen LogP contribution in [0.2, 0.25) is 0 Å². The summed E-state index contributed by atoms with van der Waals surface area (Å²) in [7, 11) is 1.89. The standard InChI is InChI=1S/C12H22N4O/c1-8(10-6-14-16(5)9(10)2)15-11(17)12(3,4)7-13/h6,8H,7,13H2,1-5H3,(H,15,17). The van der Waals surface area contributed by atoms with Gasteiger partial charge in [0.05, 0.1) is 17.7 Å². The van der Waals surface area contributed by atoms with E-state index in [4.69, 9.17) is 5.73 Å². The molecule has 0 aromatic carbocycles. The normalized spacial score (nSPS) is 13.5. The second-order valence-electron chi connectivity index (χ2n) is 5.09. The van der Waals surface area contributed by atoms with Gasteiger partial charge in [-0.15, -0.1) is 0 Å². The zero-order chi connectivity index (χ0) is 13.2. The van der Waals surface area contributed by atoms with Crippen LogP contribution in [0, 0.1) is 12.3 Å². The van der Waals surface area contributed by atoms with Crippen molar-refractivity contribution in [3.63, 3.8) is 0 Å². The molecule has 1 unspecified atom stereocenters. The number of rotatable bonds is 4. The van der Waals surface area contributed by atoms with Crippen molar-refractivity contribution in [1.82, 2.24) is 15.1 Å². The molecule has 1 amide bonds. The van der Waals surface area contributed by atoms with E-state index in [0.29, 0.717) is 6.54 Å². The van der Waals surface area contributed by atoms with Crippen molar-refractivity contribution in [2.75, 3.05) is 6.54 Å². The first kappa shape index (κ1) is 13.7. The molecule has 0 aliphatic heterocycles. The number of nitrogens with zero attached hydrogens (tertiary/aromatic N) is 2. The predicted molar refractivity (Wildman–Crippen MR) is 67.3 cm³/mol. The summed E-state index contributed by atoms with van der Waals surface area (Å²) >= 11 is 0. The fourth-order valence-electron chi connectivity index (χ4n) is 1.50. The van der Waals surface area contributed by atoms with Crippen molar-refractivity contribution in [2.24, 2.45) is 18.2 Å². The van der Waals surface area contributed by atoms with Gasteiger partial charge >= 0.3 is 0 Å². The van der Waals surface area contributed by atoms with Crippen molar-refractivity contribution in [3.8, 4) is 0 Å². The fraction of sp³-hybridized carbons (Fsp3) is 0.667. The zero-order valence-electron chi connectivity index (χ0n) is 11.2. The maximum absolute atomic E-state index is 12.0. The topological polar surface area (TPSA) is 72.9 Å². The Hall–Kier alpha value is -1.36. The van der Waals surface area contributed by atoms with E-state index in [1.807, 2.05) is 34.7 Å². The quantitative estimate of drug-likeness (QED) is 0.818. The number of hydrogen-bond acceptors (Lipinski definition) is 3. The molecule has 5 heteroatoms. The summed E-state index contributed by atoms with van der Waals surface area (Å²) < 4.78 is 1.80. The molecule has 0 fully saturated rings. The van der Waals surface area contributed by atoms with Crippen LogP contribution >= 0.6 is 0 Å². The van der Waals surface area contributed by atoms with Crippen LogP contribution in [0.5, 0.6) is 0 Å². The van der Waals surface area contributed by atoms with E-state index < -0.39 is 5.41 Å². The van der Waals surface area contributed by atoms with E-state index in [0.717, 1.165) is 11.3 Å². The minimum absolute atomic E-state index is 0.0317. The fourth-order valence-corrected chi connectivity index (χ4v) is 1.50. The lowest BCUT2D eigenvalue weighted by molar-refractivity contribution is -0.129. The number of nitrogens with two attached hydrogens (primary N) is 1. The molecule has 1 heterocycles. The summed E-state index contributed by atoms with van der Waals surface area (Å²) in [6, 6.07) is -0.0537. The van der Waals surface area contributed by atoms with Crippen LogP contribution in [0.25, 0.3) is 0 Å². The third-order valence-corrected chi connectivity index (χ3v) is 3.21. The molecule has 0 radical (unpaired) electrons. The molecule has 0 saturated heterocycles. The first-order valence-corrected chi connectivity index (χ1v) is 5.79. The largest absolute Gasteiger partial charge is 0.349 e. The summed E-state index contributed by atoms with van der Waals surface area (Å²) in [5, 5.41) is 7.14. The Bertz CT molecular complexity index is 409. The molecule has 1 aromatic heterocycles. The highest BCUT2D eigenvalue weighted by Gasteiger charge is 2.27. The van der Waals surface area contributed by atoms with Gasteiger partial charge in [0, 0.05) is 24.8 Å². The number of aromatic nitrogens is 2. The molecule has 1 atom stereocenters. The van der Waals surface area contributed by atoms with E-state index in [1.54, 1.807) is 10.9 Å². The average molecular weight is 238 g/mol. The minimum Gasteiger partial charge on any atom is -0.349 e. The number of hydrogen-bond donors (Lipinski definition) is 2. The number of aryl methyl sites for hydroxylation is 1. The summed E-state index contributed by atoms with van der Waals surface area (Å²) in [5.74, 6) is -0.0317. The van der Waals surface area contributed by atoms with Crippen LogP contribution in [0.4, 0.5) is 0 Å². The molecule has 0 aliphatic rings. The Labute approximate surface area is 102 Å². The van der Waals surface area contributed by atoms with E-state index in [9.17, 15) is 4.79 Å². The lowest BCUT2D eigenvalue weighted by Crippen LogP contribution is -2.42. The number of carbonyl (C=O) groups is 1. The molecule has 3 N–H and O–H groups in total. The monoisotopic (exact) mass is 238 g/mol. The van der Waals surface area contributed by atoms with Crippen LogP contribution in [0.3, 0.4) is 0 Å². The van der Waals surface area contributed by atoms with Gasteiger partial charge in [-0.3, -0.25) is 9.48 Å². The van der Waals surface area contributed by atoms with Crippen LogP contribution in [-0.4, -0.2) is 22.2 Å². The van der Waals surface area contributed by atoms with Gasteiger partial charge in [0.2, 0.25) is 5.91 Å². The second kappa shape index (κ2) is 4.87. The Morgan fingerprint density at radius 2 is 2.24 bits per heavy atom. The molecule has 1 rings (SSSR count). The number of amides is 1. The van der Waals surface area contributed by atoms with E-state index in [-0.39, 0.29) is 11.9 Å². The third kappa shape index (κ3) is 2.85. The molecular weight excluding hydrogens is 216 g/mol. The SMILES string of the molecule is Cc1c(C(C)NC(=O)C(C)(C)CN)cnn1C. The Morgan fingerprint density at radius 1 is 1.65 bits per heavy atom. The van der Waals surface area contributed by atoms with Gasteiger partial charge in [-0.05, 0) is 27.7 Å². The van der Waals surface area contributed by atoms with Gasteiger partial charge in [-0.1, -0.05) is 0 Å². The lowest BCUT2D eigenvalue weighted by atomic mass is 9.92. The van der Waals surface area contributed by atoms with Gasteiger partial charge in [0.15, 0.2) is 0 Å². The van der Waals surface area contributed by atoms with Crippen molar-refractivity contribution in [1.29, 1.82) is 0 Å². The number of nitrogens with one attached hydrogen (secondary N) is 1. The zero-order valence-corrected chi connectivity index (χ0v) is 11.2.